The second-order valence-electron chi connectivity index (χ2n) is 4.86. The maximum Gasteiger partial charge on any atom is 0.336 e. The molecule has 2 aromatic heterocycles. The maximum absolute atomic E-state index is 11.6. The van der Waals surface area contributed by atoms with E-state index >= 15 is 0 Å². The number of rotatable bonds is 3. The third-order valence-corrected chi connectivity index (χ3v) is 3.29. The summed E-state index contributed by atoms with van der Waals surface area (Å²) in [4.78, 5) is 11.6. The van der Waals surface area contributed by atoms with Crippen LogP contribution >= 0.6 is 0 Å². The van der Waals surface area contributed by atoms with Crippen LogP contribution in [0.25, 0.3) is 11.0 Å². The third-order valence-electron chi connectivity index (χ3n) is 3.29. The normalized spacial score (nSPS) is 11.1. The predicted octanol–water partition coefficient (Wildman–Crippen LogP) is 1.65. The Morgan fingerprint density at radius 2 is 2.20 bits per heavy atom. The van der Waals surface area contributed by atoms with Crippen LogP contribution in [0.15, 0.2) is 46.1 Å². The Balaban J connectivity index is 2.09. The molecule has 0 N–H and O–H groups in total. The van der Waals surface area contributed by atoms with Crippen molar-refractivity contribution in [2.75, 3.05) is 0 Å². The van der Waals surface area contributed by atoms with Gasteiger partial charge in [-0.1, -0.05) is 11.6 Å². The Labute approximate surface area is 116 Å². The topological polar surface area (TPSA) is 51.9 Å². The Bertz CT molecular complexity index is 817. The van der Waals surface area contributed by atoms with Crippen molar-refractivity contribution in [3.63, 3.8) is 0 Å². The van der Waals surface area contributed by atoms with Crippen LogP contribution < -0.4 is 10.2 Å². The third kappa shape index (κ3) is 2.34. The molecule has 0 atom stereocenters. The van der Waals surface area contributed by atoms with E-state index in [-0.39, 0.29) is 5.63 Å². The first-order chi connectivity index (χ1) is 9.65. The minimum Gasteiger partial charge on any atom is -0.423 e. The molecule has 5 heteroatoms. The quantitative estimate of drug-likeness (QED) is 0.537. The molecule has 0 aliphatic carbocycles. The summed E-state index contributed by atoms with van der Waals surface area (Å²) in [6.07, 6.45) is 3.69. The van der Waals surface area contributed by atoms with Gasteiger partial charge in [0, 0.05) is 22.1 Å². The molecule has 0 amide bonds. The van der Waals surface area contributed by atoms with E-state index in [1.165, 1.54) is 0 Å². The number of fused-ring (bicyclic) bond motifs is 1. The Kier molecular flexibility index (Phi) is 3.10. The minimum absolute atomic E-state index is 0.320. The second kappa shape index (κ2) is 4.92. The standard InChI is InChI=1S/C15H16N3O2/c1-3-18-10-17(9-16-18)8-12-7-15(19)20-14-5-4-11(2)6-13(12)14/h4-7,9-10H,3,8H2,1-2H3/q+1. The van der Waals surface area contributed by atoms with Gasteiger partial charge < -0.3 is 4.42 Å². The molecule has 0 bridgehead atoms. The average molecular weight is 270 g/mol. The van der Waals surface area contributed by atoms with Crippen molar-refractivity contribution in [2.24, 2.45) is 0 Å². The molecule has 3 aromatic rings. The van der Waals surface area contributed by atoms with E-state index in [9.17, 15) is 4.79 Å². The minimum atomic E-state index is -0.320. The van der Waals surface area contributed by atoms with Gasteiger partial charge in [0.2, 0.25) is 6.33 Å². The summed E-state index contributed by atoms with van der Waals surface area (Å²) in [7, 11) is 0. The van der Waals surface area contributed by atoms with Crippen LogP contribution in [0.4, 0.5) is 0 Å². The molecule has 0 unspecified atom stereocenters. The van der Waals surface area contributed by atoms with E-state index in [1.54, 1.807) is 12.4 Å². The highest BCUT2D eigenvalue weighted by Crippen LogP contribution is 2.18. The van der Waals surface area contributed by atoms with Crippen LogP contribution in [0.2, 0.25) is 0 Å². The molecule has 2 heterocycles. The molecule has 0 radical (unpaired) electrons. The lowest BCUT2D eigenvalue weighted by molar-refractivity contribution is -0.688. The fraction of sp³-hybridized carbons (Fsp3) is 0.267. The summed E-state index contributed by atoms with van der Waals surface area (Å²) in [5.41, 5.74) is 2.39. The maximum atomic E-state index is 11.6. The van der Waals surface area contributed by atoms with Gasteiger partial charge in [-0.2, -0.15) is 0 Å². The largest absolute Gasteiger partial charge is 0.423 e. The van der Waals surface area contributed by atoms with Crippen molar-refractivity contribution in [1.29, 1.82) is 0 Å². The van der Waals surface area contributed by atoms with E-state index in [4.69, 9.17) is 4.42 Å². The molecular weight excluding hydrogens is 254 g/mol. The van der Waals surface area contributed by atoms with Gasteiger partial charge in [-0.05, 0) is 26.0 Å². The van der Waals surface area contributed by atoms with Crippen molar-refractivity contribution >= 4 is 11.0 Å². The van der Waals surface area contributed by atoms with Crippen LogP contribution in [0.3, 0.4) is 0 Å². The second-order valence-corrected chi connectivity index (χ2v) is 4.86. The monoisotopic (exact) mass is 270 g/mol. The molecule has 0 fully saturated rings. The van der Waals surface area contributed by atoms with Gasteiger partial charge in [0.25, 0.3) is 6.33 Å². The highest BCUT2D eigenvalue weighted by molar-refractivity contribution is 5.80. The highest BCUT2D eigenvalue weighted by atomic mass is 16.4. The first kappa shape index (κ1) is 12.6. The number of aryl methyl sites for hydroxylation is 2. The van der Waals surface area contributed by atoms with E-state index in [1.807, 2.05) is 47.6 Å². The molecule has 0 aliphatic rings. The summed E-state index contributed by atoms with van der Waals surface area (Å²) in [6, 6.07) is 7.38. The van der Waals surface area contributed by atoms with Gasteiger partial charge in [0.05, 0.1) is 6.54 Å². The first-order valence-corrected chi connectivity index (χ1v) is 6.60. The molecule has 0 saturated heterocycles. The molecule has 0 aliphatic heterocycles. The Hall–Kier alpha value is -2.43. The Morgan fingerprint density at radius 1 is 1.35 bits per heavy atom. The predicted molar refractivity (Wildman–Crippen MR) is 74.4 cm³/mol. The van der Waals surface area contributed by atoms with Crippen molar-refractivity contribution in [2.45, 2.75) is 26.9 Å². The van der Waals surface area contributed by atoms with Gasteiger partial charge in [0.15, 0.2) is 0 Å². The molecule has 0 spiro atoms. The van der Waals surface area contributed by atoms with Crippen LogP contribution in [0, 0.1) is 6.92 Å². The zero-order valence-electron chi connectivity index (χ0n) is 11.5. The van der Waals surface area contributed by atoms with Crippen molar-refractivity contribution < 1.29 is 8.98 Å². The molecule has 0 saturated carbocycles. The van der Waals surface area contributed by atoms with Gasteiger partial charge in [-0.25, -0.2) is 9.36 Å². The summed E-state index contributed by atoms with van der Waals surface area (Å²) < 4.78 is 9.04. The average Bonchev–Trinajstić information content (AvgIpc) is 2.87. The molecule has 102 valence electrons. The van der Waals surface area contributed by atoms with Gasteiger partial charge in [-0.15, -0.1) is 4.68 Å². The summed E-state index contributed by atoms with van der Waals surface area (Å²) >= 11 is 0. The van der Waals surface area contributed by atoms with Crippen LogP contribution in [-0.2, 0) is 13.1 Å². The van der Waals surface area contributed by atoms with Crippen LogP contribution in [-0.4, -0.2) is 9.78 Å². The van der Waals surface area contributed by atoms with E-state index < -0.39 is 0 Å². The van der Waals surface area contributed by atoms with E-state index in [2.05, 4.69) is 5.10 Å². The summed E-state index contributed by atoms with van der Waals surface area (Å²) in [6.45, 7) is 5.49. The van der Waals surface area contributed by atoms with Gasteiger partial charge in [-0.3, -0.25) is 0 Å². The van der Waals surface area contributed by atoms with Crippen LogP contribution in [0.1, 0.15) is 18.1 Å². The fourth-order valence-electron chi connectivity index (χ4n) is 2.28. The Morgan fingerprint density at radius 3 is 2.95 bits per heavy atom. The molecule has 20 heavy (non-hydrogen) atoms. The summed E-state index contributed by atoms with van der Waals surface area (Å²) in [5.74, 6) is 0. The number of benzene rings is 1. The van der Waals surface area contributed by atoms with Crippen molar-refractivity contribution in [1.82, 2.24) is 9.78 Å². The van der Waals surface area contributed by atoms with Gasteiger partial charge in [0.1, 0.15) is 12.1 Å². The highest BCUT2D eigenvalue weighted by Gasteiger charge is 2.10. The lowest BCUT2D eigenvalue weighted by Crippen LogP contribution is -2.32. The number of aromatic nitrogens is 3. The van der Waals surface area contributed by atoms with Crippen molar-refractivity contribution in [3.8, 4) is 0 Å². The molecule has 5 nitrogen and oxygen atoms in total. The number of hydrogen-bond donors (Lipinski definition) is 0. The molecular formula is C15H16N3O2+. The molecule has 3 rings (SSSR count). The smallest absolute Gasteiger partial charge is 0.336 e. The molecule has 1 aromatic carbocycles. The first-order valence-electron chi connectivity index (χ1n) is 6.60. The SMILES string of the molecule is CCn1c[n+](Cc2cc(=O)oc3ccc(C)cc23)cn1. The van der Waals surface area contributed by atoms with Gasteiger partial charge >= 0.3 is 5.63 Å². The van der Waals surface area contributed by atoms with Crippen LogP contribution in [0.5, 0.6) is 0 Å². The fourth-order valence-corrected chi connectivity index (χ4v) is 2.28. The van der Waals surface area contributed by atoms with Crippen molar-refractivity contribution in [3.05, 3.63) is 58.5 Å². The number of nitrogens with zero attached hydrogens (tertiary/aromatic N) is 3. The number of hydrogen-bond acceptors (Lipinski definition) is 3. The lowest BCUT2D eigenvalue weighted by atomic mass is 10.1. The van der Waals surface area contributed by atoms with E-state index in [0.29, 0.717) is 12.1 Å². The summed E-state index contributed by atoms with van der Waals surface area (Å²) in [5, 5.41) is 5.20. The lowest BCUT2D eigenvalue weighted by Gasteiger charge is -2.04. The zero-order valence-corrected chi connectivity index (χ0v) is 11.5. The van der Waals surface area contributed by atoms with E-state index in [0.717, 1.165) is 23.1 Å². The zero-order chi connectivity index (χ0) is 14.1.